The van der Waals surface area contributed by atoms with Gasteiger partial charge in [-0.15, -0.1) is 0 Å². The summed E-state index contributed by atoms with van der Waals surface area (Å²) in [4.78, 5) is 12.7. The van der Waals surface area contributed by atoms with Crippen LogP contribution in [0.2, 0.25) is 0 Å². The smallest absolute Gasteiger partial charge is 0.193 e. The van der Waals surface area contributed by atoms with E-state index in [9.17, 15) is 50.8 Å². The molecule has 11 heteroatoms. The lowest BCUT2D eigenvalue weighted by Gasteiger charge is -2.40. The first-order valence-electron chi connectivity index (χ1n) is 9.66. The molecule has 0 radical (unpaired) electrons. The Morgan fingerprint density at radius 1 is 1.03 bits per heavy atom. The molecule has 0 saturated carbocycles. The Kier molecular flexibility index (Phi) is 6.77. The van der Waals surface area contributed by atoms with Gasteiger partial charge in [0.15, 0.2) is 11.5 Å². The number of carbonyl (C=O) groups is 1. The van der Waals surface area contributed by atoms with E-state index in [1.165, 1.54) is 18.2 Å². The molecule has 0 aromatic heterocycles. The molecule has 11 nitrogen and oxygen atoms in total. The summed E-state index contributed by atoms with van der Waals surface area (Å²) >= 11 is 0. The Bertz CT molecular complexity index is 978. The SMILES string of the molecule is O=C(C=CC1C=CC(O)=C(O)C1)c1c(O)cc(O)c([C@@H]2O[C@H](CO)[C@@H](O)[C@H](O)[C@H]2O)c1O. The van der Waals surface area contributed by atoms with Gasteiger partial charge in [-0.3, -0.25) is 4.79 Å². The minimum absolute atomic E-state index is 0.0236. The molecule has 1 aliphatic heterocycles. The molecule has 174 valence electrons. The van der Waals surface area contributed by atoms with Gasteiger partial charge >= 0.3 is 0 Å². The van der Waals surface area contributed by atoms with E-state index < -0.39 is 77.2 Å². The molecule has 1 fully saturated rings. The Morgan fingerprint density at radius 3 is 2.34 bits per heavy atom. The van der Waals surface area contributed by atoms with Crippen molar-refractivity contribution in [2.24, 2.45) is 5.92 Å². The van der Waals surface area contributed by atoms with Gasteiger partial charge in [-0.05, 0) is 12.2 Å². The highest BCUT2D eigenvalue weighted by molar-refractivity contribution is 6.09. The van der Waals surface area contributed by atoms with Crippen LogP contribution in [-0.2, 0) is 4.74 Å². The molecular weight excluding hydrogens is 428 g/mol. The Labute approximate surface area is 181 Å². The van der Waals surface area contributed by atoms with Gasteiger partial charge in [-0.1, -0.05) is 12.2 Å². The summed E-state index contributed by atoms with van der Waals surface area (Å²) in [5, 5.41) is 89.5. The number of rotatable bonds is 5. The molecule has 0 spiro atoms. The van der Waals surface area contributed by atoms with Crippen LogP contribution in [0.4, 0.5) is 0 Å². The van der Waals surface area contributed by atoms with Gasteiger partial charge in [0.25, 0.3) is 0 Å². The van der Waals surface area contributed by atoms with Crippen molar-refractivity contribution in [3.05, 3.63) is 53.0 Å². The first-order valence-corrected chi connectivity index (χ1v) is 9.66. The molecule has 2 aliphatic rings. The van der Waals surface area contributed by atoms with Crippen LogP contribution < -0.4 is 0 Å². The highest BCUT2D eigenvalue weighted by Crippen LogP contribution is 2.46. The number of benzene rings is 1. The van der Waals surface area contributed by atoms with Gasteiger partial charge < -0.3 is 50.7 Å². The fraction of sp³-hybridized carbons (Fsp3) is 0.381. The predicted molar refractivity (Wildman–Crippen MR) is 107 cm³/mol. The van der Waals surface area contributed by atoms with Gasteiger partial charge in [-0.25, -0.2) is 0 Å². The number of hydrogen-bond acceptors (Lipinski definition) is 11. The molecule has 1 saturated heterocycles. The number of phenolic OH excluding ortho intramolecular Hbond substituents is 3. The van der Waals surface area contributed by atoms with E-state index in [-0.39, 0.29) is 17.9 Å². The van der Waals surface area contributed by atoms with Gasteiger partial charge in [0, 0.05) is 18.4 Å². The minimum atomic E-state index is -1.84. The van der Waals surface area contributed by atoms with Crippen LogP contribution in [0.1, 0.15) is 28.4 Å². The fourth-order valence-electron chi connectivity index (χ4n) is 3.65. The zero-order valence-corrected chi connectivity index (χ0v) is 16.6. The number of aliphatic hydroxyl groups is 6. The lowest BCUT2D eigenvalue weighted by atomic mass is 9.88. The predicted octanol–water partition coefficient (Wildman–Crippen LogP) is -0.0391. The summed E-state index contributed by atoms with van der Waals surface area (Å²) in [6, 6.07) is 0.741. The lowest BCUT2D eigenvalue weighted by Crippen LogP contribution is -2.55. The number of carbonyl (C=O) groups excluding carboxylic acids is 1. The monoisotopic (exact) mass is 452 g/mol. The topological polar surface area (TPSA) is 208 Å². The summed E-state index contributed by atoms with van der Waals surface area (Å²) in [6.45, 7) is -0.749. The number of aromatic hydroxyl groups is 3. The van der Waals surface area contributed by atoms with Crippen LogP contribution in [0.3, 0.4) is 0 Å². The van der Waals surface area contributed by atoms with E-state index in [1.807, 2.05) is 0 Å². The first-order chi connectivity index (χ1) is 15.1. The summed E-state index contributed by atoms with van der Waals surface area (Å²) in [5.41, 5.74) is -1.16. The third kappa shape index (κ3) is 4.29. The highest BCUT2D eigenvalue weighted by atomic mass is 16.5. The summed E-state index contributed by atoms with van der Waals surface area (Å²) < 4.78 is 5.32. The van der Waals surface area contributed by atoms with Crippen LogP contribution in [0, 0.1) is 5.92 Å². The number of ketones is 1. The van der Waals surface area contributed by atoms with Crippen molar-refractivity contribution >= 4 is 5.78 Å². The maximum absolute atomic E-state index is 12.7. The van der Waals surface area contributed by atoms with Gasteiger partial charge in [0.2, 0.25) is 0 Å². The van der Waals surface area contributed by atoms with E-state index in [2.05, 4.69) is 0 Å². The van der Waals surface area contributed by atoms with Crippen LogP contribution in [0.25, 0.3) is 0 Å². The highest BCUT2D eigenvalue weighted by Gasteiger charge is 2.46. The van der Waals surface area contributed by atoms with Crippen molar-refractivity contribution in [3.63, 3.8) is 0 Å². The first kappa shape index (κ1) is 23.6. The fourth-order valence-corrected chi connectivity index (χ4v) is 3.65. The van der Waals surface area contributed by atoms with Crippen LogP contribution in [0.15, 0.2) is 41.9 Å². The third-order valence-corrected chi connectivity index (χ3v) is 5.44. The van der Waals surface area contributed by atoms with Crippen molar-refractivity contribution < 1.29 is 55.5 Å². The standard InChI is InChI=1S/C21H24O11/c22-7-14-17(28)19(30)20(31)21(32-14)16-13(27)6-12(26)15(18(16)29)10(24)4-2-8-1-3-9(23)11(25)5-8/h1-4,6,8,14,17,19-23,25-31H,5,7H2/t8?,14-,17-,19+,20-,21+/m1/s1. The van der Waals surface area contributed by atoms with Crippen LogP contribution in [-0.4, -0.2) is 82.8 Å². The van der Waals surface area contributed by atoms with Crippen LogP contribution >= 0.6 is 0 Å². The number of aliphatic hydroxyl groups excluding tert-OH is 6. The number of ether oxygens (including phenoxy) is 1. The molecule has 0 bridgehead atoms. The van der Waals surface area contributed by atoms with Gasteiger partial charge in [0.1, 0.15) is 59.1 Å². The lowest BCUT2D eigenvalue weighted by molar-refractivity contribution is -0.232. The molecule has 1 aliphatic carbocycles. The summed E-state index contributed by atoms with van der Waals surface area (Å²) in [7, 11) is 0. The molecule has 0 amide bonds. The van der Waals surface area contributed by atoms with E-state index in [1.54, 1.807) is 0 Å². The molecule has 1 unspecified atom stereocenters. The van der Waals surface area contributed by atoms with E-state index in [0.717, 1.165) is 12.1 Å². The molecular formula is C21H24O11. The summed E-state index contributed by atoms with van der Waals surface area (Å²) in [5.74, 6) is -4.37. The Morgan fingerprint density at radius 2 is 1.72 bits per heavy atom. The normalized spacial score (nSPS) is 30.8. The maximum Gasteiger partial charge on any atom is 0.193 e. The van der Waals surface area contributed by atoms with Crippen LogP contribution in [0.5, 0.6) is 17.2 Å². The van der Waals surface area contributed by atoms with E-state index in [4.69, 9.17) is 4.74 Å². The van der Waals surface area contributed by atoms with Crippen molar-refractivity contribution in [1.82, 2.24) is 0 Å². The number of allylic oxidation sites excluding steroid dienone is 5. The molecule has 6 atom stereocenters. The molecule has 1 heterocycles. The average Bonchev–Trinajstić information content (AvgIpc) is 2.74. The van der Waals surface area contributed by atoms with E-state index in [0.29, 0.717) is 0 Å². The van der Waals surface area contributed by atoms with Crippen molar-refractivity contribution in [1.29, 1.82) is 0 Å². The van der Waals surface area contributed by atoms with Gasteiger partial charge in [0.05, 0.1) is 12.2 Å². The average molecular weight is 452 g/mol. The largest absolute Gasteiger partial charge is 0.508 e. The number of hydrogen-bond donors (Lipinski definition) is 9. The number of phenols is 3. The Balaban J connectivity index is 1.94. The summed E-state index contributed by atoms with van der Waals surface area (Å²) in [6.07, 6.45) is -3.13. The quantitative estimate of drug-likeness (QED) is 0.214. The maximum atomic E-state index is 12.7. The second kappa shape index (κ2) is 9.18. The molecule has 1 aromatic carbocycles. The zero-order chi connectivity index (χ0) is 23.7. The molecule has 9 N–H and O–H groups in total. The van der Waals surface area contributed by atoms with Crippen molar-refractivity contribution in [2.45, 2.75) is 36.9 Å². The molecule has 32 heavy (non-hydrogen) atoms. The zero-order valence-electron chi connectivity index (χ0n) is 16.6. The van der Waals surface area contributed by atoms with Gasteiger partial charge in [-0.2, -0.15) is 0 Å². The molecule has 3 rings (SSSR count). The van der Waals surface area contributed by atoms with E-state index >= 15 is 0 Å². The Hall–Kier alpha value is -3.09. The third-order valence-electron chi connectivity index (χ3n) is 5.44. The second-order valence-corrected chi connectivity index (χ2v) is 7.58. The minimum Gasteiger partial charge on any atom is -0.508 e. The second-order valence-electron chi connectivity index (χ2n) is 7.58. The van der Waals surface area contributed by atoms with Crippen molar-refractivity contribution in [3.8, 4) is 17.2 Å². The molecule has 1 aromatic rings. The van der Waals surface area contributed by atoms with Crippen molar-refractivity contribution in [2.75, 3.05) is 6.61 Å².